The van der Waals surface area contributed by atoms with E-state index < -0.39 is 0 Å². The third kappa shape index (κ3) is 1.87. The van der Waals surface area contributed by atoms with E-state index in [2.05, 4.69) is 54.2 Å². The topological polar surface area (TPSA) is 18.5 Å². The van der Waals surface area contributed by atoms with Gasteiger partial charge in [-0.2, -0.15) is 0 Å². The lowest BCUT2D eigenvalue weighted by Crippen LogP contribution is -2.58. The van der Waals surface area contributed by atoms with Gasteiger partial charge in [0.2, 0.25) is 0 Å². The number of benzene rings is 1. The summed E-state index contributed by atoms with van der Waals surface area (Å²) in [5.74, 6) is 0.601. The molecule has 18 heavy (non-hydrogen) atoms. The molecular weight excluding hydrogens is 222 g/mol. The van der Waals surface area contributed by atoms with Crippen LogP contribution < -0.4 is 15.1 Å². The molecule has 1 unspecified atom stereocenters. The zero-order valence-electron chi connectivity index (χ0n) is 11.6. The fraction of sp³-hybridized carbons (Fsp3) is 0.600. The first-order valence-corrected chi connectivity index (χ1v) is 6.99. The first-order valence-electron chi connectivity index (χ1n) is 6.99. The standard InChI is InChI=1S/C15H23N3/c1-11(2)12-4-5-14-15(8-12)17(3)10-13-9-16-6-7-18(13)14/h4-5,8,11,13,16H,6-7,9-10H2,1-3H3. The number of nitrogens with zero attached hydrogens (tertiary/aromatic N) is 2. The summed E-state index contributed by atoms with van der Waals surface area (Å²) < 4.78 is 0. The third-order valence-corrected chi connectivity index (χ3v) is 4.22. The predicted octanol–water partition coefficient (Wildman–Crippen LogP) is 2.04. The Kier molecular flexibility index (Phi) is 2.94. The second kappa shape index (κ2) is 4.47. The van der Waals surface area contributed by atoms with Crippen LogP contribution in [-0.4, -0.2) is 39.3 Å². The molecule has 1 N–H and O–H groups in total. The van der Waals surface area contributed by atoms with E-state index in [4.69, 9.17) is 0 Å². The van der Waals surface area contributed by atoms with Crippen LogP contribution in [0.3, 0.4) is 0 Å². The summed E-state index contributed by atoms with van der Waals surface area (Å²) >= 11 is 0. The number of hydrogen-bond donors (Lipinski definition) is 1. The largest absolute Gasteiger partial charge is 0.371 e. The maximum Gasteiger partial charge on any atom is 0.0608 e. The third-order valence-electron chi connectivity index (χ3n) is 4.22. The van der Waals surface area contributed by atoms with Crippen LogP contribution in [0.4, 0.5) is 11.4 Å². The van der Waals surface area contributed by atoms with Gasteiger partial charge >= 0.3 is 0 Å². The van der Waals surface area contributed by atoms with Gasteiger partial charge in [-0.05, 0) is 23.6 Å². The second-order valence-electron chi connectivity index (χ2n) is 5.83. The number of fused-ring (bicyclic) bond motifs is 3. The van der Waals surface area contributed by atoms with E-state index in [0.29, 0.717) is 12.0 Å². The number of likely N-dealkylation sites (N-methyl/N-ethyl adjacent to an activating group) is 1. The summed E-state index contributed by atoms with van der Waals surface area (Å²) in [6, 6.07) is 7.61. The van der Waals surface area contributed by atoms with Crippen LogP contribution >= 0.6 is 0 Å². The van der Waals surface area contributed by atoms with Gasteiger partial charge in [0.25, 0.3) is 0 Å². The Balaban J connectivity index is 2.01. The fourth-order valence-electron chi connectivity index (χ4n) is 3.10. The van der Waals surface area contributed by atoms with Crippen LogP contribution in [0.5, 0.6) is 0 Å². The van der Waals surface area contributed by atoms with Crippen LogP contribution in [0.15, 0.2) is 18.2 Å². The van der Waals surface area contributed by atoms with Gasteiger partial charge in [-0.3, -0.25) is 0 Å². The van der Waals surface area contributed by atoms with E-state index in [1.165, 1.54) is 16.9 Å². The molecule has 0 spiro atoms. The number of anilines is 2. The summed E-state index contributed by atoms with van der Waals surface area (Å²) in [6.45, 7) is 8.99. The molecule has 1 saturated heterocycles. The monoisotopic (exact) mass is 245 g/mol. The average molecular weight is 245 g/mol. The second-order valence-corrected chi connectivity index (χ2v) is 5.83. The van der Waals surface area contributed by atoms with Gasteiger partial charge < -0.3 is 15.1 Å². The molecule has 2 aliphatic heterocycles. The molecule has 2 heterocycles. The molecule has 0 aromatic heterocycles. The summed E-state index contributed by atoms with van der Waals surface area (Å²) in [5, 5.41) is 3.50. The molecule has 98 valence electrons. The number of piperazine rings is 1. The molecule has 0 radical (unpaired) electrons. The number of rotatable bonds is 1. The quantitative estimate of drug-likeness (QED) is 0.817. The maximum atomic E-state index is 3.50. The summed E-state index contributed by atoms with van der Waals surface area (Å²) in [4.78, 5) is 4.99. The van der Waals surface area contributed by atoms with Crippen LogP contribution in [0.1, 0.15) is 25.3 Å². The minimum absolute atomic E-state index is 0.601. The zero-order valence-corrected chi connectivity index (χ0v) is 11.6. The van der Waals surface area contributed by atoms with Crippen molar-refractivity contribution >= 4 is 11.4 Å². The van der Waals surface area contributed by atoms with Gasteiger partial charge in [0.15, 0.2) is 0 Å². The first-order chi connectivity index (χ1) is 8.66. The van der Waals surface area contributed by atoms with Crippen LogP contribution in [-0.2, 0) is 0 Å². The SMILES string of the molecule is CC(C)c1ccc2c(c1)N(C)CC1CNCCN21. The highest BCUT2D eigenvalue weighted by molar-refractivity contribution is 5.75. The van der Waals surface area contributed by atoms with Crippen molar-refractivity contribution in [2.45, 2.75) is 25.8 Å². The highest BCUT2D eigenvalue weighted by atomic mass is 15.3. The molecule has 3 nitrogen and oxygen atoms in total. The summed E-state index contributed by atoms with van der Waals surface area (Å²) in [6.07, 6.45) is 0. The molecule has 0 aliphatic carbocycles. The van der Waals surface area contributed by atoms with Crippen molar-refractivity contribution in [2.24, 2.45) is 0 Å². The summed E-state index contributed by atoms with van der Waals surface area (Å²) in [7, 11) is 2.22. The number of nitrogens with one attached hydrogen (secondary N) is 1. The van der Waals surface area contributed by atoms with Crippen LogP contribution in [0, 0.1) is 0 Å². The maximum absolute atomic E-state index is 3.50. The van der Waals surface area contributed by atoms with Gasteiger partial charge in [-0.25, -0.2) is 0 Å². The van der Waals surface area contributed by atoms with Gasteiger partial charge in [-0.15, -0.1) is 0 Å². The molecule has 0 saturated carbocycles. The van der Waals surface area contributed by atoms with E-state index in [-0.39, 0.29) is 0 Å². The molecule has 3 heteroatoms. The minimum atomic E-state index is 0.601. The van der Waals surface area contributed by atoms with Gasteiger partial charge in [0.05, 0.1) is 17.4 Å². The van der Waals surface area contributed by atoms with Crippen molar-refractivity contribution in [2.75, 3.05) is 43.0 Å². The van der Waals surface area contributed by atoms with Crippen molar-refractivity contribution in [3.05, 3.63) is 23.8 Å². The Hall–Kier alpha value is -1.22. The Labute approximate surface area is 110 Å². The van der Waals surface area contributed by atoms with E-state index >= 15 is 0 Å². The Morgan fingerprint density at radius 1 is 1.28 bits per heavy atom. The van der Waals surface area contributed by atoms with Crippen LogP contribution in [0.2, 0.25) is 0 Å². The van der Waals surface area contributed by atoms with E-state index in [0.717, 1.165) is 26.2 Å². The van der Waals surface area contributed by atoms with Gasteiger partial charge in [0.1, 0.15) is 0 Å². The van der Waals surface area contributed by atoms with E-state index in [1.54, 1.807) is 0 Å². The van der Waals surface area contributed by atoms with E-state index in [1.807, 2.05) is 0 Å². The average Bonchev–Trinajstić information content (AvgIpc) is 2.38. The smallest absolute Gasteiger partial charge is 0.0608 e. The molecule has 2 aliphatic rings. The molecule has 1 fully saturated rings. The molecule has 0 bridgehead atoms. The zero-order chi connectivity index (χ0) is 12.7. The van der Waals surface area contributed by atoms with Crippen molar-refractivity contribution in [1.29, 1.82) is 0 Å². The summed E-state index contributed by atoms with van der Waals surface area (Å²) in [5.41, 5.74) is 4.26. The molecule has 1 aromatic carbocycles. The Morgan fingerprint density at radius 3 is 2.89 bits per heavy atom. The van der Waals surface area contributed by atoms with Crippen LogP contribution in [0.25, 0.3) is 0 Å². The predicted molar refractivity (Wildman–Crippen MR) is 77.8 cm³/mol. The molecule has 3 rings (SSSR count). The van der Waals surface area contributed by atoms with Gasteiger partial charge in [-0.1, -0.05) is 19.9 Å². The lowest BCUT2D eigenvalue weighted by atomic mass is 9.98. The van der Waals surface area contributed by atoms with Crippen molar-refractivity contribution < 1.29 is 0 Å². The molecule has 0 amide bonds. The van der Waals surface area contributed by atoms with Crippen molar-refractivity contribution in [1.82, 2.24) is 5.32 Å². The molecular formula is C15H23N3. The van der Waals surface area contributed by atoms with Gasteiger partial charge in [0, 0.05) is 33.2 Å². The normalized spacial score (nSPS) is 23.0. The minimum Gasteiger partial charge on any atom is -0.371 e. The van der Waals surface area contributed by atoms with Crippen molar-refractivity contribution in [3.63, 3.8) is 0 Å². The highest BCUT2D eigenvalue weighted by Crippen LogP contribution is 2.37. The lowest BCUT2D eigenvalue weighted by Gasteiger charge is -2.46. The molecule has 1 aromatic rings. The Bertz CT molecular complexity index is 441. The number of hydrogen-bond acceptors (Lipinski definition) is 3. The Morgan fingerprint density at radius 2 is 2.11 bits per heavy atom. The highest BCUT2D eigenvalue weighted by Gasteiger charge is 2.30. The fourth-order valence-corrected chi connectivity index (χ4v) is 3.10. The van der Waals surface area contributed by atoms with E-state index in [9.17, 15) is 0 Å². The molecule has 1 atom stereocenters. The lowest BCUT2D eigenvalue weighted by molar-refractivity contribution is 0.465. The first kappa shape index (κ1) is 11.8. The van der Waals surface area contributed by atoms with Crippen molar-refractivity contribution in [3.8, 4) is 0 Å².